The van der Waals surface area contributed by atoms with Gasteiger partial charge in [0.1, 0.15) is 0 Å². The smallest absolute Gasteiger partial charge is 0.0541 e. The first-order chi connectivity index (χ1) is 28.3. The van der Waals surface area contributed by atoms with Crippen LogP contribution in [0.3, 0.4) is 0 Å². The van der Waals surface area contributed by atoms with Crippen molar-refractivity contribution in [2.75, 3.05) is 4.90 Å². The normalized spacial score (nSPS) is 11.5. The average Bonchev–Trinajstić information content (AvgIpc) is 3.83. The van der Waals surface area contributed by atoms with Crippen LogP contribution in [0.4, 0.5) is 17.1 Å². The van der Waals surface area contributed by atoms with Crippen molar-refractivity contribution in [3.8, 4) is 39.1 Å². The second kappa shape index (κ2) is 13.8. The van der Waals surface area contributed by atoms with Gasteiger partial charge in [0.25, 0.3) is 0 Å². The third kappa shape index (κ3) is 5.80. The fourth-order valence-electron chi connectivity index (χ4n) is 8.50. The van der Waals surface area contributed by atoms with Crippen molar-refractivity contribution in [1.29, 1.82) is 0 Å². The minimum Gasteiger partial charge on any atom is -0.310 e. The average molecular weight is 745 g/mol. The van der Waals surface area contributed by atoms with E-state index in [-0.39, 0.29) is 0 Å². The molecule has 2 nitrogen and oxygen atoms in total. The Morgan fingerprint density at radius 1 is 0.316 bits per heavy atom. The number of hydrogen-bond acceptors (Lipinski definition) is 2. The van der Waals surface area contributed by atoms with Gasteiger partial charge in [-0.05, 0) is 101 Å². The molecule has 2 aromatic heterocycles. The molecule has 0 spiro atoms. The maximum absolute atomic E-state index is 2.42. The van der Waals surface area contributed by atoms with E-state index in [0.717, 1.165) is 17.1 Å². The fraction of sp³-hybridized carbons (Fsp3) is 0. The summed E-state index contributed by atoms with van der Waals surface area (Å²) in [6, 6.07) is 79.3. The van der Waals surface area contributed by atoms with Gasteiger partial charge in [0.2, 0.25) is 0 Å². The van der Waals surface area contributed by atoms with E-state index in [2.05, 4.69) is 228 Å². The Morgan fingerprint density at radius 2 is 0.825 bits per heavy atom. The Labute approximate surface area is 335 Å². The van der Waals surface area contributed by atoms with Crippen LogP contribution in [0.25, 0.3) is 81.0 Å². The molecule has 3 heteroatoms. The Bertz CT molecular complexity index is 3170. The van der Waals surface area contributed by atoms with E-state index in [9.17, 15) is 0 Å². The van der Waals surface area contributed by atoms with E-state index in [0.29, 0.717) is 0 Å². The number of hydrogen-bond donors (Lipinski definition) is 0. The van der Waals surface area contributed by atoms with Gasteiger partial charge in [-0.3, -0.25) is 0 Å². The maximum atomic E-state index is 2.42. The topological polar surface area (TPSA) is 8.17 Å². The summed E-state index contributed by atoms with van der Waals surface area (Å²) in [5.74, 6) is 0. The highest BCUT2D eigenvalue weighted by molar-refractivity contribution is 7.25. The second-order valence-electron chi connectivity index (χ2n) is 14.5. The summed E-state index contributed by atoms with van der Waals surface area (Å²) in [5, 5.41) is 5.12. The van der Waals surface area contributed by atoms with Gasteiger partial charge in [-0.1, -0.05) is 146 Å². The summed E-state index contributed by atoms with van der Waals surface area (Å²) < 4.78 is 5.03. The zero-order valence-corrected chi connectivity index (χ0v) is 31.9. The molecule has 0 radical (unpaired) electrons. The van der Waals surface area contributed by atoms with Crippen LogP contribution in [0.1, 0.15) is 0 Å². The summed E-state index contributed by atoms with van der Waals surface area (Å²) >= 11 is 1.85. The number of nitrogens with zero attached hydrogens (tertiary/aromatic N) is 2. The van der Waals surface area contributed by atoms with E-state index in [1.807, 2.05) is 11.3 Å². The Hall–Kier alpha value is -7.20. The molecule has 11 aromatic rings. The highest BCUT2D eigenvalue weighted by atomic mass is 32.1. The summed E-state index contributed by atoms with van der Waals surface area (Å²) in [7, 11) is 0. The van der Waals surface area contributed by atoms with Crippen molar-refractivity contribution in [3.05, 3.63) is 218 Å². The van der Waals surface area contributed by atoms with Gasteiger partial charge in [0.15, 0.2) is 0 Å². The Morgan fingerprint density at radius 3 is 1.54 bits per heavy atom. The first-order valence-corrected chi connectivity index (χ1v) is 20.2. The van der Waals surface area contributed by atoms with Gasteiger partial charge in [0.05, 0.1) is 16.7 Å². The zero-order chi connectivity index (χ0) is 37.7. The van der Waals surface area contributed by atoms with Crippen LogP contribution in [0.5, 0.6) is 0 Å². The molecule has 0 N–H and O–H groups in total. The molecule has 0 atom stereocenters. The minimum absolute atomic E-state index is 1.11. The molecule has 11 rings (SSSR count). The Kier molecular flexibility index (Phi) is 8.04. The van der Waals surface area contributed by atoms with Crippen molar-refractivity contribution in [1.82, 2.24) is 4.57 Å². The molecular weight excluding hydrogens is 709 g/mol. The van der Waals surface area contributed by atoms with Crippen molar-refractivity contribution >= 4 is 70.4 Å². The van der Waals surface area contributed by atoms with Crippen molar-refractivity contribution < 1.29 is 0 Å². The molecule has 0 aliphatic heterocycles. The van der Waals surface area contributed by atoms with Crippen molar-refractivity contribution in [2.45, 2.75) is 0 Å². The molecule has 0 aliphatic carbocycles. The summed E-state index contributed by atoms with van der Waals surface area (Å²) in [5.41, 5.74) is 14.1. The molecule has 0 amide bonds. The first-order valence-electron chi connectivity index (χ1n) is 19.4. The van der Waals surface area contributed by atoms with Crippen molar-refractivity contribution in [2.24, 2.45) is 0 Å². The highest BCUT2D eigenvalue weighted by Crippen LogP contribution is 2.42. The third-order valence-corrected chi connectivity index (χ3v) is 12.4. The SMILES string of the molecule is c1ccc(-c2ccc(N(c3ccc(-c4cccc(-c5ccccc5-n5c6ccccc6c6ccccc65)c4)cc3)c3ccc4sc5ccccc5c4c3)cc2)cc1. The minimum atomic E-state index is 1.11. The first kappa shape index (κ1) is 33.2. The third-order valence-electron chi connectivity index (χ3n) is 11.2. The van der Waals surface area contributed by atoms with Crippen LogP contribution < -0.4 is 4.90 Å². The fourth-order valence-corrected chi connectivity index (χ4v) is 9.58. The summed E-state index contributed by atoms with van der Waals surface area (Å²) in [6.45, 7) is 0. The number of para-hydroxylation sites is 3. The molecule has 0 saturated carbocycles. The lowest BCUT2D eigenvalue weighted by Gasteiger charge is -2.26. The maximum Gasteiger partial charge on any atom is 0.0541 e. The number of anilines is 3. The monoisotopic (exact) mass is 744 g/mol. The molecule has 0 fully saturated rings. The number of rotatable bonds is 7. The van der Waals surface area contributed by atoms with E-state index >= 15 is 0 Å². The second-order valence-corrected chi connectivity index (χ2v) is 15.6. The van der Waals surface area contributed by atoms with Gasteiger partial charge < -0.3 is 9.47 Å². The van der Waals surface area contributed by atoms with Crippen LogP contribution in [0.15, 0.2) is 218 Å². The van der Waals surface area contributed by atoms with E-state index in [1.165, 1.54) is 81.0 Å². The molecule has 268 valence electrons. The van der Waals surface area contributed by atoms with Gasteiger partial charge >= 0.3 is 0 Å². The number of benzene rings is 9. The van der Waals surface area contributed by atoms with Crippen LogP contribution >= 0.6 is 11.3 Å². The van der Waals surface area contributed by atoms with Gasteiger partial charge in [0, 0.05) is 53.6 Å². The number of thiophene rings is 1. The van der Waals surface area contributed by atoms with Crippen LogP contribution in [-0.4, -0.2) is 4.57 Å². The number of fused-ring (bicyclic) bond motifs is 6. The predicted molar refractivity (Wildman–Crippen MR) is 245 cm³/mol. The zero-order valence-electron chi connectivity index (χ0n) is 31.1. The van der Waals surface area contributed by atoms with Gasteiger partial charge in [-0.2, -0.15) is 0 Å². The lowest BCUT2D eigenvalue weighted by atomic mass is 9.97. The molecule has 9 aromatic carbocycles. The van der Waals surface area contributed by atoms with Crippen LogP contribution in [-0.2, 0) is 0 Å². The molecule has 0 aliphatic rings. The molecule has 0 saturated heterocycles. The largest absolute Gasteiger partial charge is 0.310 e. The van der Waals surface area contributed by atoms with E-state index in [1.54, 1.807) is 0 Å². The Balaban J connectivity index is 0.988. The quantitative estimate of drug-likeness (QED) is 0.158. The summed E-state index contributed by atoms with van der Waals surface area (Å²) in [4.78, 5) is 2.38. The van der Waals surface area contributed by atoms with Crippen LogP contribution in [0, 0.1) is 0 Å². The lowest BCUT2D eigenvalue weighted by molar-refractivity contribution is 1.18. The molecule has 0 bridgehead atoms. The molecule has 2 heterocycles. The highest BCUT2D eigenvalue weighted by Gasteiger charge is 2.18. The van der Waals surface area contributed by atoms with E-state index < -0.39 is 0 Å². The van der Waals surface area contributed by atoms with Gasteiger partial charge in [-0.25, -0.2) is 0 Å². The lowest BCUT2D eigenvalue weighted by Crippen LogP contribution is -2.09. The standard InChI is InChI=1S/C54H36N2S/c1-2-13-37(14-3-1)38-25-29-42(30-26-38)55(44-33-34-54-49(36-44)48-20-7-11-24-53(48)57-54)43-31-27-39(28-32-43)40-15-12-16-41(35-40)45-17-4-8-21-50(45)56-51-22-9-5-18-46(51)47-19-6-10-23-52(47)56/h1-36H. The van der Waals surface area contributed by atoms with Gasteiger partial charge in [-0.15, -0.1) is 11.3 Å². The molecule has 0 unspecified atom stereocenters. The van der Waals surface area contributed by atoms with Crippen LogP contribution in [0.2, 0.25) is 0 Å². The molecule has 57 heavy (non-hydrogen) atoms. The number of aromatic nitrogens is 1. The molecular formula is C54H36N2S. The summed E-state index contributed by atoms with van der Waals surface area (Å²) in [6.07, 6.45) is 0. The van der Waals surface area contributed by atoms with E-state index in [4.69, 9.17) is 0 Å². The van der Waals surface area contributed by atoms with Crippen molar-refractivity contribution in [3.63, 3.8) is 0 Å². The predicted octanol–water partition coefficient (Wildman–Crippen LogP) is 15.6.